The van der Waals surface area contributed by atoms with Crippen molar-refractivity contribution in [3.63, 3.8) is 0 Å². The van der Waals surface area contributed by atoms with E-state index in [-0.39, 0.29) is 21.4 Å². The number of carboxylic acid groups (broad SMARTS) is 1. The first kappa shape index (κ1) is 21.0. The average Bonchev–Trinajstić information content (AvgIpc) is 2.94. The van der Waals surface area contributed by atoms with Gasteiger partial charge in [0.15, 0.2) is 18.1 Å². The van der Waals surface area contributed by atoms with Crippen molar-refractivity contribution in [2.75, 3.05) is 18.6 Å². The number of hydrogen-bond donors (Lipinski definition) is 1. The highest BCUT2D eigenvalue weighted by molar-refractivity contribution is 8.19. The normalized spacial score (nSPS) is 15.1. The number of imide groups is 1. The van der Waals surface area contributed by atoms with E-state index in [9.17, 15) is 14.4 Å². The number of carbonyl (C=O) groups is 3. The number of ether oxygens (including phenoxy) is 2. The third-order valence-corrected chi connectivity index (χ3v) is 5.17. The zero-order valence-corrected chi connectivity index (χ0v) is 17.2. The van der Waals surface area contributed by atoms with Gasteiger partial charge >= 0.3 is 5.97 Å². The minimum Gasteiger partial charge on any atom is -0.493 e. The van der Waals surface area contributed by atoms with Crippen LogP contribution in [0.4, 0.5) is 10.5 Å². The molecule has 0 aliphatic carbocycles. The van der Waals surface area contributed by atoms with Gasteiger partial charge in [-0.2, -0.15) is 0 Å². The van der Waals surface area contributed by atoms with Gasteiger partial charge in [-0.3, -0.25) is 9.59 Å². The molecule has 10 heteroatoms. The second-order valence-electron chi connectivity index (χ2n) is 5.71. The van der Waals surface area contributed by atoms with Gasteiger partial charge in [0.05, 0.1) is 22.7 Å². The lowest BCUT2D eigenvalue weighted by Crippen LogP contribution is -2.27. The second kappa shape index (κ2) is 8.77. The third-order valence-electron chi connectivity index (χ3n) is 3.77. The highest BCUT2D eigenvalue weighted by atomic mass is 35.5. The molecule has 2 amide bonds. The van der Waals surface area contributed by atoms with E-state index >= 15 is 0 Å². The van der Waals surface area contributed by atoms with Crippen LogP contribution in [0.1, 0.15) is 5.56 Å². The van der Waals surface area contributed by atoms with E-state index in [1.807, 2.05) is 0 Å². The van der Waals surface area contributed by atoms with Gasteiger partial charge < -0.3 is 14.6 Å². The molecule has 29 heavy (non-hydrogen) atoms. The molecule has 2 aromatic carbocycles. The number of thioether (sulfide) groups is 1. The monoisotopic (exact) mass is 453 g/mol. The molecule has 3 rings (SSSR count). The summed E-state index contributed by atoms with van der Waals surface area (Å²) in [5.74, 6) is -1.38. The Balaban J connectivity index is 1.90. The smallest absolute Gasteiger partial charge is 0.341 e. The van der Waals surface area contributed by atoms with E-state index in [1.165, 1.54) is 25.3 Å². The summed E-state index contributed by atoms with van der Waals surface area (Å²) in [5, 5.41) is 8.91. The number of anilines is 1. The number of carbonyl (C=O) groups excluding carboxylic acids is 2. The number of methoxy groups -OCH3 is 1. The van der Waals surface area contributed by atoms with Gasteiger partial charge in [-0.25, -0.2) is 9.69 Å². The van der Waals surface area contributed by atoms with E-state index in [2.05, 4.69) is 0 Å². The maximum atomic E-state index is 12.7. The molecule has 7 nitrogen and oxygen atoms in total. The SMILES string of the molecule is COc1cc(/C=C2/SC(=O)N(c3ccc(Cl)cc3)C2=O)cc(Cl)c1OCC(=O)O. The maximum Gasteiger partial charge on any atom is 0.341 e. The van der Waals surface area contributed by atoms with E-state index in [1.54, 1.807) is 24.3 Å². The summed E-state index contributed by atoms with van der Waals surface area (Å²) in [6.45, 7) is -0.588. The predicted octanol–water partition coefficient (Wildman–Crippen LogP) is 4.71. The first-order chi connectivity index (χ1) is 13.8. The average molecular weight is 454 g/mol. The lowest BCUT2D eigenvalue weighted by molar-refractivity contribution is -0.139. The summed E-state index contributed by atoms with van der Waals surface area (Å²) in [6.07, 6.45) is 1.50. The fraction of sp³-hybridized carbons (Fsp3) is 0.105. The van der Waals surface area contributed by atoms with Gasteiger partial charge in [0, 0.05) is 5.02 Å². The number of benzene rings is 2. The van der Waals surface area contributed by atoms with Crippen molar-refractivity contribution in [2.45, 2.75) is 0 Å². The number of halogens is 2. The molecule has 0 unspecified atom stereocenters. The number of carboxylic acids is 1. The van der Waals surface area contributed by atoms with Crippen LogP contribution in [0, 0.1) is 0 Å². The lowest BCUT2D eigenvalue weighted by Gasteiger charge is -2.13. The maximum absolute atomic E-state index is 12.7. The van der Waals surface area contributed by atoms with Crippen LogP contribution in [-0.2, 0) is 9.59 Å². The molecule has 1 aliphatic rings. The Morgan fingerprint density at radius 1 is 1.21 bits per heavy atom. The van der Waals surface area contributed by atoms with E-state index < -0.39 is 23.7 Å². The van der Waals surface area contributed by atoms with Crippen molar-refractivity contribution >= 4 is 63.8 Å². The Morgan fingerprint density at radius 3 is 2.52 bits per heavy atom. The summed E-state index contributed by atoms with van der Waals surface area (Å²) in [7, 11) is 1.37. The molecule has 1 heterocycles. The van der Waals surface area contributed by atoms with Crippen molar-refractivity contribution in [3.05, 3.63) is 56.9 Å². The fourth-order valence-electron chi connectivity index (χ4n) is 2.53. The highest BCUT2D eigenvalue weighted by Crippen LogP contribution is 2.40. The molecule has 0 atom stereocenters. The van der Waals surface area contributed by atoms with E-state index in [0.29, 0.717) is 16.3 Å². The number of rotatable bonds is 6. The molecule has 0 radical (unpaired) electrons. The van der Waals surface area contributed by atoms with E-state index in [4.69, 9.17) is 37.8 Å². The Hall–Kier alpha value is -2.68. The van der Waals surface area contributed by atoms with Gasteiger partial charge in [0.25, 0.3) is 11.1 Å². The molecule has 0 aromatic heterocycles. The Morgan fingerprint density at radius 2 is 1.90 bits per heavy atom. The standard InChI is InChI=1S/C19H13Cl2NO6S/c1-27-14-7-10(6-13(21)17(14)28-9-16(23)24)8-15-18(25)22(19(26)29-15)12-4-2-11(20)3-5-12/h2-8H,9H2,1H3,(H,23,24)/b15-8+. The first-order valence-corrected chi connectivity index (χ1v) is 9.63. The van der Waals surface area contributed by atoms with Crippen LogP contribution < -0.4 is 14.4 Å². The van der Waals surface area contributed by atoms with Crippen LogP contribution in [0.2, 0.25) is 10.0 Å². The topological polar surface area (TPSA) is 93.1 Å². The molecule has 1 N–H and O–H groups in total. The summed E-state index contributed by atoms with van der Waals surface area (Å²) in [4.78, 5) is 37.0. The molecule has 0 saturated carbocycles. The van der Waals surface area contributed by atoms with Crippen LogP contribution in [0.25, 0.3) is 6.08 Å². The quantitative estimate of drug-likeness (QED) is 0.632. The summed E-state index contributed by atoms with van der Waals surface area (Å²) >= 11 is 12.8. The van der Waals surface area contributed by atoms with Crippen LogP contribution >= 0.6 is 35.0 Å². The van der Waals surface area contributed by atoms with Crippen LogP contribution in [0.15, 0.2) is 41.3 Å². The fourth-order valence-corrected chi connectivity index (χ4v) is 3.77. The minimum absolute atomic E-state index is 0.0722. The predicted molar refractivity (Wildman–Crippen MR) is 111 cm³/mol. The lowest BCUT2D eigenvalue weighted by atomic mass is 10.1. The molecular formula is C19H13Cl2NO6S. The molecule has 0 bridgehead atoms. The van der Waals surface area contributed by atoms with Gasteiger partial charge in [0.2, 0.25) is 0 Å². The highest BCUT2D eigenvalue weighted by Gasteiger charge is 2.36. The molecule has 0 spiro atoms. The van der Waals surface area contributed by atoms with Crippen molar-refractivity contribution < 1.29 is 29.0 Å². The molecule has 1 saturated heterocycles. The minimum atomic E-state index is -1.16. The van der Waals surface area contributed by atoms with Crippen molar-refractivity contribution in [3.8, 4) is 11.5 Å². The van der Waals surface area contributed by atoms with Gasteiger partial charge in [-0.1, -0.05) is 23.2 Å². The molecule has 150 valence electrons. The second-order valence-corrected chi connectivity index (χ2v) is 7.55. The number of amides is 2. The molecule has 2 aromatic rings. The van der Waals surface area contributed by atoms with Crippen LogP contribution in [-0.4, -0.2) is 35.9 Å². The number of aliphatic carboxylic acids is 1. The zero-order chi connectivity index (χ0) is 21.1. The molecule has 1 aliphatic heterocycles. The largest absolute Gasteiger partial charge is 0.493 e. The number of hydrogen-bond acceptors (Lipinski definition) is 6. The van der Waals surface area contributed by atoms with Crippen molar-refractivity contribution in [2.24, 2.45) is 0 Å². The van der Waals surface area contributed by atoms with Crippen LogP contribution in [0.5, 0.6) is 11.5 Å². The first-order valence-electron chi connectivity index (χ1n) is 8.06. The van der Waals surface area contributed by atoms with Crippen molar-refractivity contribution in [1.82, 2.24) is 0 Å². The van der Waals surface area contributed by atoms with E-state index in [0.717, 1.165) is 16.7 Å². The zero-order valence-electron chi connectivity index (χ0n) is 14.8. The van der Waals surface area contributed by atoms with Crippen molar-refractivity contribution in [1.29, 1.82) is 0 Å². The summed E-state index contributed by atoms with van der Waals surface area (Å²) in [5.41, 5.74) is 0.893. The number of nitrogens with zero attached hydrogens (tertiary/aromatic N) is 1. The summed E-state index contributed by atoms with van der Waals surface area (Å²) in [6, 6.07) is 9.34. The van der Waals surface area contributed by atoms with Gasteiger partial charge in [-0.05, 0) is 59.8 Å². The molecule has 1 fully saturated rings. The Kier molecular flexibility index (Phi) is 6.36. The summed E-state index contributed by atoms with van der Waals surface area (Å²) < 4.78 is 10.3. The van der Waals surface area contributed by atoms with Crippen LogP contribution in [0.3, 0.4) is 0 Å². The van der Waals surface area contributed by atoms with Gasteiger partial charge in [-0.15, -0.1) is 0 Å². The third kappa shape index (κ3) is 4.67. The van der Waals surface area contributed by atoms with Gasteiger partial charge in [0.1, 0.15) is 0 Å². The molecular weight excluding hydrogens is 441 g/mol. The Bertz CT molecular complexity index is 1020. The Labute approximate surface area is 179 Å².